The number of methoxy groups -OCH3 is 1. The van der Waals surface area contributed by atoms with Crippen LogP contribution in [0.2, 0.25) is 0 Å². The summed E-state index contributed by atoms with van der Waals surface area (Å²) >= 11 is 0. The third-order valence-electron chi connectivity index (χ3n) is 4.04. The molecule has 132 valence electrons. The lowest BCUT2D eigenvalue weighted by atomic mass is 9.92. The quantitative estimate of drug-likeness (QED) is 0.826. The highest BCUT2D eigenvalue weighted by atomic mass is 19.1. The first-order valence-corrected chi connectivity index (χ1v) is 7.55. The fourth-order valence-electron chi connectivity index (χ4n) is 2.85. The van der Waals surface area contributed by atoms with E-state index in [-0.39, 0.29) is 24.4 Å². The van der Waals surface area contributed by atoms with E-state index in [4.69, 9.17) is 4.74 Å². The second kappa shape index (κ2) is 6.88. The molecule has 0 spiro atoms. The Balaban J connectivity index is 1.81. The lowest BCUT2D eigenvalue weighted by Gasteiger charge is -2.20. The maximum absolute atomic E-state index is 14.3. The number of aromatic nitrogens is 2. The fourth-order valence-corrected chi connectivity index (χ4v) is 2.85. The number of imidazole rings is 1. The predicted octanol–water partition coefficient (Wildman–Crippen LogP) is 0.568. The Hall–Kier alpha value is -2.97. The first-order chi connectivity index (χ1) is 12.0. The van der Waals surface area contributed by atoms with Crippen molar-refractivity contribution in [1.82, 2.24) is 20.2 Å². The van der Waals surface area contributed by atoms with Crippen molar-refractivity contribution in [3.63, 3.8) is 0 Å². The van der Waals surface area contributed by atoms with Gasteiger partial charge >= 0.3 is 0 Å². The van der Waals surface area contributed by atoms with Crippen molar-refractivity contribution >= 4 is 11.8 Å². The Morgan fingerprint density at radius 1 is 1.44 bits per heavy atom. The smallest absolute Gasteiger partial charge is 0.243 e. The molecule has 25 heavy (non-hydrogen) atoms. The van der Waals surface area contributed by atoms with Crippen LogP contribution in [0.3, 0.4) is 0 Å². The van der Waals surface area contributed by atoms with Crippen LogP contribution in [-0.2, 0) is 16.1 Å². The third kappa shape index (κ3) is 3.44. The van der Waals surface area contributed by atoms with Crippen molar-refractivity contribution < 1.29 is 23.1 Å². The Bertz CT molecular complexity index is 772. The molecule has 0 radical (unpaired) electrons. The van der Waals surface area contributed by atoms with E-state index in [0.717, 1.165) is 12.1 Å². The summed E-state index contributed by atoms with van der Waals surface area (Å²) in [5.74, 6) is -3.42. The largest absolute Gasteiger partial charge is 0.497 e. The summed E-state index contributed by atoms with van der Waals surface area (Å²) in [4.78, 5) is 28.0. The molecular formula is C16H16F2N4O3. The third-order valence-corrected chi connectivity index (χ3v) is 4.04. The van der Waals surface area contributed by atoms with Crippen LogP contribution in [0.5, 0.6) is 5.75 Å². The minimum Gasteiger partial charge on any atom is -0.497 e. The second-order valence-corrected chi connectivity index (χ2v) is 5.64. The van der Waals surface area contributed by atoms with E-state index in [9.17, 15) is 18.4 Å². The molecule has 2 N–H and O–H groups in total. The molecule has 1 aromatic carbocycles. The van der Waals surface area contributed by atoms with Gasteiger partial charge in [0.05, 0.1) is 13.4 Å². The van der Waals surface area contributed by atoms with Crippen LogP contribution in [0.4, 0.5) is 8.78 Å². The number of rotatable bonds is 5. The number of halogens is 2. The predicted molar refractivity (Wildman–Crippen MR) is 82.8 cm³/mol. The zero-order chi connectivity index (χ0) is 18.0. The van der Waals surface area contributed by atoms with Crippen LogP contribution in [0.25, 0.3) is 0 Å². The molecule has 0 aliphatic carbocycles. The van der Waals surface area contributed by atoms with Gasteiger partial charge in [-0.3, -0.25) is 9.59 Å². The summed E-state index contributed by atoms with van der Waals surface area (Å²) in [6, 6.07) is 1.03. The highest BCUT2D eigenvalue weighted by molar-refractivity contribution is 5.90. The number of carbonyl (C=O) groups is 2. The van der Waals surface area contributed by atoms with E-state index < -0.39 is 35.4 Å². The van der Waals surface area contributed by atoms with Gasteiger partial charge < -0.3 is 19.9 Å². The van der Waals surface area contributed by atoms with Crippen molar-refractivity contribution in [2.24, 2.45) is 0 Å². The molecule has 7 nitrogen and oxygen atoms in total. The van der Waals surface area contributed by atoms with Crippen molar-refractivity contribution in [3.8, 4) is 5.75 Å². The van der Waals surface area contributed by atoms with Crippen LogP contribution in [0.15, 0.2) is 30.9 Å². The summed E-state index contributed by atoms with van der Waals surface area (Å²) in [7, 11) is 1.30. The van der Waals surface area contributed by atoms with Crippen molar-refractivity contribution in [3.05, 3.63) is 48.1 Å². The average molecular weight is 350 g/mol. The molecule has 0 saturated carbocycles. The van der Waals surface area contributed by atoms with Gasteiger partial charge in [0, 0.05) is 42.6 Å². The van der Waals surface area contributed by atoms with Crippen LogP contribution in [0.1, 0.15) is 11.5 Å². The molecule has 0 unspecified atom stereocenters. The molecule has 1 saturated heterocycles. The highest BCUT2D eigenvalue weighted by Gasteiger charge is 2.39. The number of hydrogen-bond donors (Lipinski definition) is 2. The van der Waals surface area contributed by atoms with Crippen molar-refractivity contribution in [2.45, 2.75) is 18.5 Å². The Kier molecular flexibility index (Phi) is 4.64. The maximum Gasteiger partial charge on any atom is 0.243 e. The molecule has 1 aliphatic rings. The monoisotopic (exact) mass is 350 g/mol. The number of hydrogen-bond acceptors (Lipinski definition) is 4. The van der Waals surface area contributed by atoms with Crippen LogP contribution >= 0.6 is 0 Å². The van der Waals surface area contributed by atoms with E-state index >= 15 is 0 Å². The molecule has 1 aliphatic heterocycles. The highest BCUT2D eigenvalue weighted by Crippen LogP contribution is 2.31. The number of ether oxygens (including phenoxy) is 1. The van der Waals surface area contributed by atoms with Crippen molar-refractivity contribution in [1.29, 1.82) is 0 Å². The normalized spacial score (nSPS) is 19.6. The van der Waals surface area contributed by atoms with E-state index in [2.05, 4.69) is 15.6 Å². The molecule has 2 heterocycles. The Morgan fingerprint density at radius 2 is 2.16 bits per heavy atom. The van der Waals surface area contributed by atoms with Crippen LogP contribution in [0, 0.1) is 11.6 Å². The topological polar surface area (TPSA) is 85.3 Å². The summed E-state index contributed by atoms with van der Waals surface area (Å²) in [6.07, 6.45) is 4.56. The van der Waals surface area contributed by atoms with Gasteiger partial charge in [-0.15, -0.1) is 0 Å². The summed E-state index contributed by atoms with van der Waals surface area (Å²) in [6.45, 7) is -0.0287. The standard InChI is InChI=1S/C16H16F2N4O3/c1-25-9-4-11(17)14(12(18)5-9)10-6-20-16(24)15(10)21-13(23)7-22-3-2-19-8-22/h2-5,8,10,15H,6-7H2,1H3,(H,20,24)(H,21,23)/t10-,15-/m0/s1. The molecule has 2 atom stereocenters. The van der Waals surface area contributed by atoms with E-state index in [1.807, 2.05) is 0 Å². The summed E-state index contributed by atoms with van der Waals surface area (Å²) < 4.78 is 35.0. The fraction of sp³-hybridized carbons (Fsp3) is 0.312. The number of carbonyl (C=O) groups excluding carboxylic acids is 2. The van der Waals surface area contributed by atoms with Gasteiger partial charge in [0.2, 0.25) is 11.8 Å². The molecule has 0 bridgehead atoms. The molecule has 2 aromatic rings. The van der Waals surface area contributed by atoms with Crippen molar-refractivity contribution in [2.75, 3.05) is 13.7 Å². The van der Waals surface area contributed by atoms with Gasteiger partial charge in [-0.25, -0.2) is 13.8 Å². The second-order valence-electron chi connectivity index (χ2n) is 5.64. The van der Waals surface area contributed by atoms with E-state index in [0.29, 0.717) is 0 Å². The summed E-state index contributed by atoms with van der Waals surface area (Å²) in [5, 5.41) is 5.06. The lowest BCUT2D eigenvalue weighted by Crippen LogP contribution is -2.44. The molecule has 3 rings (SSSR count). The Morgan fingerprint density at radius 3 is 2.76 bits per heavy atom. The minimum absolute atomic E-state index is 0.0228. The average Bonchev–Trinajstić information content (AvgIpc) is 3.19. The lowest BCUT2D eigenvalue weighted by molar-refractivity contribution is -0.127. The zero-order valence-electron chi connectivity index (χ0n) is 13.3. The number of benzene rings is 1. The minimum atomic E-state index is -1.06. The molecular weight excluding hydrogens is 334 g/mol. The molecule has 1 fully saturated rings. The van der Waals surface area contributed by atoms with Crippen LogP contribution in [-0.4, -0.2) is 41.1 Å². The number of nitrogens with zero attached hydrogens (tertiary/aromatic N) is 2. The van der Waals surface area contributed by atoms with Gasteiger partial charge in [0.15, 0.2) is 0 Å². The van der Waals surface area contributed by atoms with Gasteiger partial charge in [0.25, 0.3) is 0 Å². The van der Waals surface area contributed by atoms with Gasteiger partial charge in [-0.1, -0.05) is 0 Å². The Labute approximate surface area is 142 Å². The first-order valence-electron chi connectivity index (χ1n) is 7.55. The maximum atomic E-state index is 14.3. The van der Waals surface area contributed by atoms with E-state index in [1.165, 1.54) is 24.2 Å². The summed E-state index contributed by atoms with van der Waals surface area (Å²) in [5.41, 5.74) is -0.257. The molecule has 9 heteroatoms. The number of amides is 2. The molecule has 2 amide bonds. The first kappa shape index (κ1) is 16.9. The number of nitrogens with one attached hydrogen (secondary N) is 2. The van der Waals surface area contributed by atoms with E-state index in [1.54, 1.807) is 6.20 Å². The van der Waals surface area contributed by atoms with Gasteiger partial charge in [-0.2, -0.15) is 0 Å². The van der Waals surface area contributed by atoms with Crippen LogP contribution < -0.4 is 15.4 Å². The van der Waals surface area contributed by atoms with Gasteiger partial charge in [-0.05, 0) is 0 Å². The zero-order valence-corrected chi connectivity index (χ0v) is 13.3. The molecule has 1 aromatic heterocycles. The SMILES string of the molecule is COc1cc(F)c([C@@H]2CNC(=O)[C@H]2NC(=O)Cn2ccnc2)c(F)c1. The van der Waals surface area contributed by atoms with Gasteiger partial charge in [0.1, 0.15) is 30.0 Å².